The Labute approximate surface area is 142 Å². The van der Waals surface area contributed by atoms with E-state index in [0.717, 1.165) is 26.2 Å². The van der Waals surface area contributed by atoms with E-state index in [9.17, 15) is 13.2 Å². The third kappa shape index (κ3) is 3.84. The molecule has 2 fully saturated rings. The largest absolute Gasteiger partial charge is 0.348 e. The van der Waals surface area contributed by atoms with Gasteiger partial charge in [-0.1, -0.05) is 0 Å². The van der Waals surface area contributed by atoms with Gasteiger partial charge in [-0.25, -0.2) is 18.4 Å². The molecule has 0 spiro atoms. The van der Waals surface area contributed by atoms with E-state index in [1.807, 2.05) is 0 Å². The number of aromatic nitrogens is 2. The molecule has 24 heavy (non-hydrogen) atoms. The summed E-state index contributed by atoms with van der Waals surface area (Å²) >= 11 is 0. The summed E-state index contributed by atoms with van der Waals surface area (Å²) in [7, 11) is -0.932. The van der Waals surface area contributed by atoms with Gasteiger partial charge in [-0.15, -0.1) is 0 Å². The van der Waals surface area contributed by atoms with E-state index < -0.39 is 9.84 Å². The molecular weight excluding hydrogens is 330 g/mol. The quantitative estimate of drug-likeness (QED) is 0.779. The number of likely N-dealkylation sites (N-methyl/N-ethyl adjacent to an activating group) is 1. The van der Waals surface area contributed by atoms with Gasteiger partial charge < -0.3 is 15.1 Å². The van der Waals surface area contributed by atoms with Crippen molar-refractivity contribution in [1.29, 1.82) is 0 Å². The molecule has 0 bridgehead atoms. The maximum absolute atomic E-state index is 12.4. The van der Waals surface area contributed by atoms with Crippen LogP contribution in [-0.2, 0) is 9.84 Å². The van der Waals surface area contributed by atoms with E-state index in [-0.39, 0.29) is 23.5 Å². The molecule has 1 amide bonds. The molecule has 2 aliphatic rings. The second kappa shape index (κ2) is 6.64. The Balaban J connectivity index is 1.67. The molecule has 0 saturated carbocycles. The molecule has 9 heteroatoms. The first-order valence-electron chi connectivity index (χ1n) is 8.12. The molecule has 2 saturated heterocycles. The second-order valence-electron chi connectivity index (χ2n) is 6.53. The number of rotatable bonds is 3. The summed E-state index contributed by atoms with van der Waals surface area (Å²) in [5.74, 6) is 0.480. The molecule has 1 aromatic heterocycles. The standard InChI is InChI=1S/C15H23N5O3S/c1-11-13(14(21)18-12-3-8-24(22,23)10-12)9-16-15(17-11)20-6-4-19(2)5-7-20/h9,12H,3-8,10H2,1-2H3,(H,18,21). The van der Waals surface area contributed by atoms with Crippen LogP contribution < -0.4 is 10.2 Å². The number of anilines is 1. The Morgan fingerprint density at radius 2 is 2.00 bits per heavy atom. The minimum atomic E-state index is -3.02. The normalized spacial score (nSPS) is 24.1. The van der Waals surface area contributed by atoms with Gasteiger partial charge >= 0.3 is 0 Å². The predicted octanol–water partition coefficient (Wildman–Crippen LogP) is -0.546. The fraction of sp³-hybridized carbons (Fsp3) is 0.667. The van der Waals surface area contributed by atoms with Crippen molar-refractivity contribution in [2.75, 3.05) is 49.6 Å². The van der Waals surface area contributed by atoms with E-state index in [4.69, 9.17) is 0 Å². The van der Waals surface area contributed by atoms with Crippen LogP contribution in [0.25, 0.3) is 0 Å². The number of hydrogen-bond acceptors (Lipinski definition) is 7. The molecule has 2 aliphatic heterocycles. The van der Waals surface area contributed by atoms with Crippen molar-refractivity contribution in [3.05, 3.63) is 17.5 Å². The topological polar surface area (TPSA) is 95.5 Å². The summed E-state index contributed by atoms with van der Waals surface area (Å²) in [6, 6.07) is -0.320. The summed E-state index contributed by atoms with van der Waals surface area (Å²) in [5, 5.41) is 2.78. The van der Waals surface area contributed by atoms with Gasteiger partial charge in [0.1, 0.15) is 0 Å². The van der Waals surface area contributed by atoms with Crippen molar-refractivity contribution in [2.45, 2.75) is 19.4 Å². The molecular formula is C15H23N5O3S. The average Bonchev–Trinajstić information content (AvgIpc) is 2.86. The van der Waals surface area contributed by atoms with Crippen molar-refractivity contribution < 1.29 is 13.2 Å². The summed E-state index contributed by atoms with van der Waals surface area (Å²) in [5.41, 5.74) is 1.01. The number of aryl methyl sites for hydroxylation is 1. The second-order valence-corrected chi connectivity index (χ2v) is 8.76. The van der Waals surface area contributed by atoms with Crippen molar-refractivity contribution in [1.82, 2.24) is 20.2 Å². The van der Waals surface area contributed by atoms with Crippen molar-refractivity contribution >= 4 is 21.7 Å². The third-order valence-corrected chi connectivity index (χ3v) is 6.33. The molecule has 8 nitrogen and oxygen atoms in total. The Morgan fingerprint density at radius 3 is 2.58 bits per heavy atom. The molecule has 0 aromatic carbocycles. The number of amides is 1. The average molecular weight is 353 g/mol. The van der Waals surface area contributed by atoms with Crippen LogP contribution in [0.5, 0.6) is 0 Å². The molecule has 1 atom stereocenters. The van der Waals surface area contributed by atoms with Gasteiger partial charge in [0.25, 0.3) is 5.91 Å². The van der Waals surface area contributed by atoms with Crippen molar-refractivity contribution in [2.24, 2.45) is 0 Å². The Morgan fingerprint density at radius 1 is 1.29 bits per heavy atom. The highest BCUT2D eigenvalue weighted by Gasteiger charge is 2.29. The number of nitrogens with one attached hydrogen (secondary N) is 1. The molecule has 1 aromatic rings. The van der Waals surface area contributed by atoms with Crippen LogP contribution in [0.1, 0.15) is 22.5 Å². The van der Waals surface area contributed by atoms with Gasteiger partial charge in [-0.05, 0) is 20.4 Å². The summed E-state index contributed by atoms with van der Waals surface area (Å²) < 4.78 is 23.0. The molecule has 132 valence electrons. The molecule has 3 rings (SSSR count). The van der Waals surface area contributed by atoms with Gasteiger partial charge in [0, 0.05) is 38.4 Å². The summed E-state index contributed by atoms with van der Waals surface area (Å²) in [6.45, 7) is 5.42. The first kappa shape index (κ1) is 17.1. The van der Waals surface area contributed by atoms with E-state index >= 15 is 0 Å². The van der Waals surface area contributed by atoms with Gasteiger partial charge in [0.05, 0.1) is 22.8 Å². The first-order chi connectivity index (χ1) is 11.3. The predicted molar refractivity (Wildman–Crippen MR) is 91.0 cm³/mol. The molecule has 0 radical (unpaired) electrons. The van der Waals surface area contributed by atoms with Crippen LogP contribution in [-0.4, -0.2) is 80.0 Å². The highest BCUT2D eigenvalue weighted by atomic mass is 32.2. The molecule has 1 unspecified atom stereocenters. The zero-order chi connectivity index (χ0) is 17.3. The lowest BCUT2D eigenvalue weighted by Gasteiger charge is -2.32. The number of sulfone groups is 1. The fourth-order valence-corrected chi connectivity index (χ4v) is 4.68. The van der Waals surface area contributed by atoms with Gasteiger partial charge in [-0.3, -0.25) is 4.79 Å². The maximum Gasteiger partial charge on any atom is 0.254 e. The molecule has 1 N–H and O–H groups in total. The third-order valence-electron chi connectivity index (χ3n) is 4.57. The van der Waals surface area contributed by atoms with Gasteiger partial charge in [-0.2, -0.15) is 0 Å². The summed E-state index contributed by atoms with van der Waals surface area (Å²) in [6.07, 6.45) is 2.00. The van der Waals surface area contributed by atoms with Crippen LogP contribution in [0.2, 0.25) is 0 Å². The van der Waals surface area contributed by atoms with Crippen LogP contribution >= 0.6 is 0 Å². The minimum Gasteiger partial charge on any atom is -0.348 e. The minimum absolute atomic E-state index is 0.0119. The number of nitrogens with zero attached hydrogens (tertiary/aromatic N) is 4. The zero-order valence-electron chi connectivity index (χ0n) is 14.0. The zero-order valence-corrected chi connectivity index (χ0v) is 14.8. The highest BCUT2D eigenvalue weighted by Crippen LogP contribution is 2.15. The maximum atomic E-state index is 12.4. The fourth-order valence-electron chi connectivity index (χ4n) is 3.01. The van der Waals surface area contributed by atoms with E-state index in [0.29, 0.717) is 23.6 Å². The van der Waals surface area contributed by atoms with E-state index in [2.05, 4.69) is 32.1 Å². The first-order valence-corrected chi connectivity index (χ1v) is 9.94. The van der Waals surface area contributed by atoms with Crippen LogP contribution in [0, 0.1) is 6.92 Å². The number of carbonyl (C=O) groups is 1. The van der Waals surface area contributed by atoms with Crippen molar-refractivity contribution in [3.63, 3.8) is 0 Å². The molecule has 3 heterocycles. The smallest absolute Gasteiger partial charge is 0.254 e. The lowest BCUT2D eigenvalue weighted by atomic mass is 10.2. The number of piperazine rings is 1. The van der Waals surface area contributed by atoms with E-state index in [1.165, 1.54) is 6.20 Å². The van der Waals surface area contributed by atoms with Crippen LogP contribution in [0.3, 0.4) is 0 Å². The lowest BCUT2D eigenvalue weighted by Crippen LogP contribution is -2.45. The van der Waals surface area contributed by atoms with Gasteiger partial charge in [0.2, 0.25) is 5.95 Å². The Bertz CT molecular complexity index is 729. The highest BCUT2D eigenvalue weighted by molar-refractivity contribution is 7.91. The summed E-state index contributed by atoms with van der Waals surface area (Å²) in [4.78, 5) is 25.5. The number of carbonyl (C=O) groups excluding carboxylic acids is 1. The van der Waals surface area contributed by atoms with Crippen molar-refractivity contribution in [3.8, 4) is 0 Å². The Hall–Kier alpha value is -1.74. The molecule has 0 aliphatic carbocycles. The van der Waals surface area contributed by atoms with Crippen LogP contribution in [0.15, 0.2) is 6.20 Å². The SMILES string of the molecule is Cc1nc(N2CCN(C)CC2)ncc1C(=O)NC1CCS(=O)(=O)C1. The number of hydrogen-bond donors (Lipinski definition) is 1. The van der Waals surface area contributed by atoms with Crippen LogP contribution in [0.4, 0.5) is 5.95 Å². The Kier molecular flexibility index (Phi) is 4.73. The van der Waals surface area contributed by atoms with Gasteiger partial charge in [0.15, 0.2) is 9.84 Å². The monoisotopic (exact) mass is 353 g/mol. The lowest BCUT2D eigenvalue weighted by molar-refractivity contribution is 0.0939. The van der Waals surface area contributed by atoms with E-state index in [1.54, 1.807) is 6.92 Å².